The van der Waals surface area contributed by atoms with E-state index in [0.717, 1.165) is 21.9 Å². The van der Waals surface area contributed by atoms with E-state index in [1.807, 2.05) is 18.2 Å². The average molecular weight is 401 g/mol. The number of benzene rings is 3. The van der Waals surface area contributed by atoms with Crippen LogP contribution in [0.2, 0.25) is 5.02 Å². The summed E-state index contributed by atoms with van der Waals surface area (Å²) in [6.45, 7) is 9.36. The maximum atomic E-state index is 6.91. The molecule has 0 saturated heterocycles. The lowest BCUT2D eigenvalue weighted by molar-refractivity contribution is 0.192. The van der Waals surface area contributed by atoms with Crippen LogP contribution in [0, 0.1) is 10.8 Å². The van der Waals surface area contributed by atoms with Crippen LogP contribution in [-0.4, -0.2) is 0 Å². The number of ether oxygens (including phenoxy) is 1. The summed E-state index contributed by atoms with van der Waals surface area (Å²) in [7, 11) is 0. The molecule has 29 heavy (non-hydrogen) atoms. The van der Waals surface area contributed by atoms with Gasteiger partial charge in [0, 0.05) is 27.3 Å². The molecule has 0 aromatic heterocycles. The highest BCUT2D eigenvalue weighted by molar-refractivity contribution is 6.30. The molecule has 2 heteroatoms. The Balaban J connectivity index is 1.91. The maximum Gasteiger partial charge on any atom is 0.185 e. The van der Waals surface area contributed by atoms with Crippen LogP contribution in [0.4, 0.5) is 0 Å². The zero-order valence-corrected chi connectivity index (χ0v) is 18.0. The van der Waals surface area contributed by atoms with E-state index in [2.05, 4.69) is 88.4 Å². The fourth-order valence-corrected chi connectivity index (χ4v) is 5.19. The third-order valence-electron chi connectivity index (χ3n) is 7.20. The second kappa shape index (κ2) is 6.00. The van der Waals surface area contributed by atoms with Crippen molar-refractivity contribution in [2.75, 3.05) is 0 Å². The summed E-state index contributed by atoms with van der Waals surface area (Å²) in [6, 6.07) is 27.1. The molecule has 3 aromatic rings. The Morgan fingerprint density at radius 2 is 1.21 bits per heavy atom. The lowest BCUT2D eigenvalue weighted by atomic mass is 9.77. The lowest BCUT2D eigenvalue weighted by Crippen LogP contribution is -2.32. The minimum atomic E-state index is -0.685. The Kier molecular flexibility index (Phi) is 3.83. The fraction of sp³-hybridized carbons (Fsp3) is 0.259. The van der Waals surface area contributed by atoms with Gasteiger partial charge in [-0.2, -0.15) is 0 Å². The summed E-state index contributed by atoms with van der Waals surface area (Å²) >= 11 is 6.25. The van der Waals surface area contributed by atoms with Crippen molar-refractivity contribution in [1.29, 1.82) is 0 Å². The summed E-state index contributed by atoms with van der Waals surface area (Å²) in [4.78, 5) is 0. The van der Waals surface area contributed by atoms with Crippen molar-refractivity contribution in [3.05, 3.63) is 106 Å². The molecule has 0 amide bonds. The van der Waals surface area contributed by atoms with E-state index in [-0.39, 0.29) is 10.8 Å². The SMILES string of the molecule is CC1(C)C(=C2c3ccccc3OC2(c2ccccc2)c2ccc(Cl)cc2)C1(C)C. The van der Waals surface area contributed by atoms with Gasteiger partial charge in [-0.05, 0) is 34.6 Å². The average Bonchev–Trinajstić information content (AvgIpc) is 2.98. The molecule has 146 valence electrons. The molecule has 1 unspecified atom stereocenters. The smallest absolute Gasteiger partial charge is 0.185 e. The predicted molar refractivity (Wildman–Crippen MR) is 120 cm³/mol. The van der Waals surface area contributed by atoms with Crippen LogP contribution >= 0.6 is 11.6 Å². The molecule has 1 heterocycles. The minimum Gasteiger partial charge on any atom is -0.472 e. The van der Waals surface area contributed by atoms with Crippen molar-refractivity contribution in [2.45, 2.75) is 33.3 Å². The second-order valence-corrected chi connectivity index (χ2v) is 9.59. The topological polar surface area (TPSA) is 9.23 Å². The van der Waals surface area contributed by atoms with Crippen molar-refractivity contribution < 1.29 is 4.74 Å². The zero-order chi connectivity index (χ0) is 20.4. The fourth-order valence-electron chi connectivity index (χ4n) is 5.07. The van der Waals surface area contributed by atoms with Gasteiger partial charge in [0.1, 0.15) is 5.75 Å². The Morgan fingerprint density at radius 1 is 0.655 bits per heavy atom. The standard InChI is InChI=1S/C27H25ClO/c1-25(2)24(26(25,3)4)23-21-12-8-9-13-22(21)29-27(23,18-10-6-5-7-11-18)19-14-16-20(28)17-15-19/h5-17H,1-4H3. The van der Waals surface area contributed by atoms with E-state index in [1.165, 1.54) is 16.7 Å². The van der Waals surface area contributed by atoms with Gasteiger partial charge in [-0.3, -0.25) is 0 Å². The van der Waals surface area contributed by atoms with Crippen LogP contribution in [0.15, 0.2) is 84.4 Å². The van der Waals surface area contributed by atoms with Crippen molar-refractivity contribution >= 4 is 17.2 Å². The molecule has 1 aliphatic carbocycles. The van der Waals surface area contributed by atoms with E-state index in [4.69, 9.17) is 16.3 Å². The van der Waals surface area contributed by atoms with Crippen molar-refractivity contribution in [3.8, 4) is 5.75 Å². The first kappa shape index (κ1) is 18.5. The first-order valence-electron chi connectivity index (χ1n) is 10.2. The highest BCUT2D eigenvalue weighted by Crippen LogP contribution is 2.73. The molecule has 0 radical (unpaired) electrons. The van der Waals surface area contributed by atoms with Gasteiger partial charge in [-0.15, -0.1) is 0 Å². The molecule has 1 nitrogen and oxygen atoms in total. The molecular formula is C27H25ClO. The van der Waals surface area contributed by atoms with Crippen LogP contribution in [0.25, 0.3) is 5.57 Å². The van der Waals surface area contributed by atoms with Gasteiger partial charge in [0.15, 0.2) is 5.60 Å². The summed E-state index contributed by atoms with van der Waals surface area (Å²) in [5.74, 6) is 0.937. The number of allylic oxidation sites excluding steroid dienone is 1. The Bertz CT molecular complexity index is 1110. The number of hydrogen-bond donors (Lipinski definition) is 0. The first-order valence-corrected chi connectivity index (χ1v) is 10.5. The van der Waals surface area contributed by atoms with E-state index >= 15 is 0 Å². The normalized spacial score (nSPS) is 23.5. The Morgan fingerprint density at radius 3 is 1.83 bits per heavy atom. The van der Waals surface area contributed by atoms with Crippen LogP contribution < -0.4 is 4.74 Å². The van der Waals surface area contributed by atoms with Gasteiger partial charge in [-0.25, -0.2) is 0 Å². The van der Waals surface area contributed by atoms with Gasteiger partial charge < -0.3 is 4.74 Å². The maximum absolute atomic E-state index is 6.91. The molecular weight excluding hydrogens is 376 g/mol. The summed E-state index contributed by atoms with van der Waals surface area (Å²) in [5, 5.41) is 0.730. The van der Waals surface area contributed by atoms with Crippen LogP contribution in [0.1, 0.15) is 44.4 Å². The number of fused-ring (bicyclic) bond motifs is 1. The predicted octanol–water partition coefficient (Wildman–Crippen LogP) is 7.50. The second-order valence-electron chi connectivity index (χ2n) is 9.15. The van der Waals surface area contributed by atoms with E-state index < -0.39 is 5.60 Å². The quantitative estimate of drug-likeness (QED) is 0.432. The molecule has 0 N–H and O–H groups in total. The highest BCUT2D eigenvalue weighted by Gasteiger charge is 2.65. The van der Waals surface area contributed by atoms with Gasteiger partial charge in [0.2, 0.25) is 0 Å². The molecule has 5 rings (SSSR count). The third kappa shape index (κ3) is 2.40. The van der Waals surface area contributed by atoms with Crippen LogP contribution in [-0.2, 0) is 5.60 Å². The highest BCUT2D eigenvalue weighted by atomic mass is 35.5. The third-order valence-corrected chi connectivity index (χ3v) is 7.45. The van der Waals surface area contributed by atoms with Crippen molar-refractivity contribution in [3.63, 3.8) is 0 Å². The van der Waals surface area contributed by atoms with Crippen LogP contribution in [0.3, 0.4) is 0 Å². The van der Waals surface area contributed by atoms with Gasteiger partial charge in [0.25, 0.3) is 0 Å². The van der Waals surface area contributed by atoms with Gasteiger partial charge in [-0.1, -0.05) is 100.0 Å². The molecule has 0 spiro atoms. The van der Waals surface area contributed by atoms with Crippen molar-refractivity contribution in [1.82, 2.24) is 0 Å². The molecule has 3 aromatic carbocycles. The summed E-state index contributed by atoms with van der Waals surface area (Å²) in [5.41, 5.74) is 5.72. The van der Waals surface area contributed by atoms with Gasteiger partial charge in [0.05, 0.1) is 0 Å². The number of halogens is 1. The van der Waals surface area contributed by atoms with Crippen molar-refractivity contribution in [2.24, 2.45) is 10.8 Å². The monoisotopic (exact) mass is 400 g/mol. The largest absolute Gasteiger partial charge is 0.472 e. The first-order chi connectivity index (χ1) is 13.8. The summed E-state index contributed by atoms with van der Waals surface area (Å²) in [6.07, 6.45) is 0. The molecule has 0 bridgehead atoms. The Labute approximate surface area is 178 Å². The van der Waals surface area contributed by atoms with Gasteiger partial charge >= 0.3 is 0 Å². The molecule has 1 fully saturated rings. The molecule has 1 atom stereocenters. The number of hydrogen-bond acceptors (Lipinski definition) is 1. The van der Waals surface area contributed by atoms with Crippen LogP contribution in [0.5, 0.6) is 5.75 Å². The molecule has 1 saturated carbocycles. The minimum absolute atomic E-state index is 0.107. The van der Waals surface area contributed by atoms with E-state index in [1.54, 1.807) is 0 Å². The molecule has 2 aliphatic rings. The van der Waals surface area contributed by atoms with E-state index in [0.29, 0.717) is 0 Å². The number of para-hydroxylation sites is 1. The Hall–Kier alpha value is -2.51. The zero-order valence-electron chi connectivity index (χ0n) is 17.3. The lowest BCUT2D eigenvalue weighted by Gasteiger charge is -2.32. The molecule has 1 aliphatic heterocycles. The summed E-state index contributed by atoms with van der Waals surface area (Å²) < 4.78 is 6.91. The van der Waals surface area contributed by atoms with E-state index in [9.17, 15) is 0 Å². The number of rotatable bonds is 2.